The first-order valence-corrected chi connectivity index (χ1v) is 12.6. The lowest BCUT2D eigenvalue weighted by atomic mass is 10.2. The lowest BCUT2D eigenvalue weighted by molar-refractivity contribution is 0.0700. The van der Waals surface area contributed by atoms with Crippen molar-refractivity contribution < 1.29 is 26.4 Å². The van der Waals surface area contributed by atoms with Gasteiger partial charge in [-0.2, -0.15) is 0 Å². The van der Waals surface area contributed by atoms with Crippen molar-refractivity contribution >= 4 is 37.1 Å². The van der Waals surface area contributed by atoms with Gasteiger partial charge in [0.2, 0.25) is 0 Å². The summed E-state index contributed by atoms with van der Waals surface area (Å²) in [4.78, 5) is 15.2. The molecule has 2 aliphatic rings. The van der Waals surface area contributed by atoms with Gasteiger partial charge in [0.25, 0.3) is 0 Å². The highest BCUT2D eigenvalue weighted by Crippen LogP contribution is 2.31. The molecule has 146 valence electrons. The van der Waals surface area contributed by atoms with Crippen molar-refractivity contribution in [3.05, 3.63) is 17.5 Å². The van der Waals surface area contributed by atoms with Crippen LogP contribution in [0.5, 0.6) is 0 Å². The quantitative estimate of drug-likeness (QED) is 0.695. The second-order valence-electron chi connectivity index (χ2n) is 6.38. The van der Waals surface area contributed by atoms with Gasteiger partial charge in [0.1, 0.15) is 4.21 Å². The summed E-state index contributed by atoms with van der Waals surface area (Å²) in [5, 5.41) is 0.698. The maximum atomic E-state index is 12.9. The molecule has 0 spiro atoms. The molecule has 8 nitrogen and oxygen atoms in total. The molecule has 2 fully saturated rings. The highest BCUT2D eigenvalue weighted by molar-refractivity contribution is 7.97. The molecule has 0 unspecified atom stereocenters. The van der Waals surface area contributed by atoms with E-state index in [1.807, 2.05) is 4.90 Å². The Balaban J connectivity index is 1.77. The molecular formula is C15H22N2O6S3. The molecule has 0 N–H and O–H groups in total. The number of ether oxygens (including phenoxy) is 1. The summed E-state index contributed by atoms with van der Waals surface area (Å²) in [5.41, 5.74) is 0. The molecule has 0 aliphatic carbocycles. The van der Waals surface area contributed by atoms with Crippen molar-refractivity contribution in [3.63, 3.8) is 0 Å². The first-order valence-electron chi connectivity index (χ1n) is 8.38. The summed E-state index contributed by atoms with van der Waals surface area (Å²) < 4.78 is 55.4. The Bertz CT molecular complexity index is 842. The van der Waals surface area contributed by atoms with Crippen LogP contribution in [0.4, 0.5) is 4.79 Å². The SMILES string of the molecule is CCOC(=O)N1CCN([C@H]2CS(=O)(=O)C[C@@H]2S(=O)(=O)c2cccs2)CC1. The number of carbonyl (C=O) groups is 1. The highest BCUT2D eigenvalue weighted by atomic mass is 32.2. The maximum Gasteiger partial charge on any atom is 0.409 e. The van der Waals surface area contributed by atoms with Gasteiger partial charge in [0.05, 0.1) is 23.4 Å². The van der Waals surface area contributed by atoms with Crippen LogP contribution in [-0.4, -0.2) is 88.3 Å². The van der Waals surface area contributed by atoms with Gasteiger partial charge >= 0.3 is 6.09 Å². The van der Waals surface area contributed by atoms with E-state index >= 15 is 0 Å². The molecule has 11 heteroatoms. The van der Waals surface area contributed by atoms with Crippen molar-refractivity contribution in [2.45, 2.75) is 22.4 Å². The molecule has 2 aliphatic heterocycles. The van der Waals surface area contributed by atoms with Crippen molar-refractivity contribution in [1.82, 2.24) is 9.80 Å². The number of thiophene rings is 1. The summed E-state index contributed by atoms with van der Waals surface area (Å²) in [7, 11) is -7.14. The summed E-state index contributed by atoms with van der Waals surface area (Å²) in [6.45, 7) is 3.66. The van der Waals surface area contributed by atoms with E-state index in [1.165, 1.54) is 6.07 Å². The number of amides is 1. The standard InChI is InChI=1S/C15H22N2O6S3/c1-2-23-15(18)17-7-5-16(6-8-17)12-10-25(19,20)11-13(12)26(21,22)14-4-3-9-24-14/h3-4,9,12-13H,2,5-8,10-11H2,1H3/t12-,13-/m0/s1. The van der Waals surface area contributed by atoms with Crippen LogP contribution >= 0.6 is 11.3 Å². The molecule has 2 atom stereocenters. The van der Waals surface area contributed by atoms with Gasteiger partial charge in [0.15, 0.2) is 19.7 Å². The Morgan fingerprint density at radius 2 is 1.96 bits per heavy atom. The van der Waals surface area contributed by atoms with E-state index < -0.39 is 37.1 Å². The van der Waals surface area contributed by atoms with Gasteiger partial charge in [-0.25, -0.2) is 21.6 Å². The van der Waals surface area contributed by atoms with Crippen molar-refractivity contribution in [2.75, 3.05) is 44.3 Å². The van der Waals surface area contributed by atoms with Gasteiger partial charge in [-0.15, -0.1) is 11.3 Å². The largest absolute Gasteiger partial charge is 0.450 e. The predicted molar refractivity (Wildman–Crippen MR) is 97.9 cm³/mol. The smallest absolute Gasteiger partial charge is 0.409 e. The molecule has 0 bridgehead atoms. The minimum atomic E-state index is -3.71. The fourth-order valence-corrected chi connectivity index (χ4v) is 9.51. The van der Waals surface area contributed by atoms with Gasteiger partial charge in [-0.1, -0.05) is 6.07 Å². The van der Waals surface area contributed by atoms with Gasteiger partial charge in [-0.05, 0) is 18.4 Å². The van der Waals surface area contributed by atoms with Crippen LogP contribution in [0.25, 0.3) is 0 Å². The molecule has 0 aromatic carbocycles. The lowest BCUT2D eigenvalue weighted by Crippen LogP contribution is -2.55. The first-order chi connectivity index (χ1) is 12.2. The van der Waals surface area contributed by atoms with Crippen LogP contribution in [0, 0.1) is 0 Å². The monoisotopic (exact) mass is 422 g/mol. The van der Waals surface area contributed by atoms with Crippen LogP contribution in [0.2, 0.25) is 0 Å². The predicted octanol–water partition coefficient (Wildman–Crippen LogP) is 0.462. The maximum absolute atomic E-state index is 12.9. The molecule has 3 heterocycles. The van der Waals surface area contributed by atoms with E-state index in [1.54, 1.807) is 23.3 Å². The molecule has 2 saturated heterocycles. The molecular weight excluding hydrogens is 400 g/mol. The second-order valence-corrected chi connectivity index (χ2v) is 11.9. The van der Waals surface area contributed by atoms with E-state index in [9.17, 15) is 21.6 Å². The number of hydrogen-bond acceptors (Lipinski definition) is 8. The minimum absolute atomic E-state index is 0.165. The summed E-state index contributed by atoms with van der Waals surface area (Å²) in [6.07, 6.45) is -0.394. The Hall–Kier alpha value is -1.17. The van der Waals surface area contributed by atoms with Crippen molar-refractivity contribution in [3.8, 4) is 0 Å². The second kappa shape index (κ2) is 7.45. The third kappa shape index (κ3) is 3.90. The molecule has 26 heavy (non-hydrogen) atoms. The summed E-state index contributed by atoms with van der Waals surface area (Å²) >= 11 is 1.10. The van der Waals surface area contributed by atoms with Crippen LogP contribution < -0.4 is 0 Å². The Kier molecular flexibility index (Phi) is 5.61. The van der Waals surface area contributed by atoms with Gasteiger partial charge in [0, 0.05) is 32.2 Å². The molecule has 1 aromatic heterocycles. The minimum Gasteiger partial charge on any atom is -0.450 e. The zero-order chi connectivity index (χ0) is 18.9. The first kappa shape index (κ1) is 19.6. The average molecular weight is 423 g/mol. The Labute approximate surface area is 157 Å². The fraction of sp³-hybridized carbons (Fsp3) is 0.667. The van der Waals surface area contributed by atoms with E-state index in [0.29, 0.717) is 32.8 Å². The number of hydrogen-bond donors (Lipinski definition) is 0. The van der Waals surface area contributed by atoms with E-state index in [-0.39, 0.29) is 15.7 Å². The van der Waals surface area contributed by atoms with Gasteiger partial charge in [-0.3, -0.25) is 4.90 Å². The van der Waals surface area contributed by atoms with Crippen LogP contribution in [0.15, 0.2) is 21.7 Å². The van der Waals surface area contributed by atoms with Gasteiger partial charge < -0.3 is 9.64 Å². The topological polar surface area (TPSA) is 101 Å². The van der Waals surface area contributed by atoms with E-state index in [0.717, 1.165) is 11.3 Å². The molecule has 1 aromatic rings. The molecule has 3 rings (SSSR count). The normalized spacial score (nSPS) is 26.7. The third-order valence-electron chi connectivity index (χ3n) is 4.76. The number of sulfone groups is 2. The number of nitrogens with zero attached hydrogens (tertiary/aromatic N) is 2. The Morgan fingerprint density at radius 3 is 2.54 bits per heavy atom. The number of carbonyl (C=O) groups excluding carboxylic acids is 1. The fourth-order valence-electron chi connectivity index (χ4n) is 3.46. The summed E-state index contributed by atoms with van der Waals surface area (Å²) in [6, 6.07) is 2.57. The van der Waals surface area contributed by atoms with Crippen molar-refractivity contribution in [1.29, 1.82) is 0 Å². The number of rotatable bonds is 4. The Morgan fingerprint density at radius 1 is 1.27 bits per heavy atom. The molecule has 1 amide bonds. The van der Waals surface area contributed by atoms with Crippen LogP contribution in [0.3, 0.4) is 0 Å². The van der Waals surface area contributed by atoms with E-state index in [4.69, 9.17) is 4.74 Å². The molecule has 0 saturated carbocycles. The highest BCUT2D eigenvalue weighted by Gasteiger charge is 2.49. The third-order valence-corrected chi connectivity index (χ3v) is 10.3. The number of piperazine rings is 1. The lowest BCUT2D eigenvalue weighted by Gasteiger charge is -2.38. The van der Waals surface area contributed by atoms with Crippen molar-refractivity contribution in [2.24, 2.45) is 0 Å². The van der Waals surface area contributed by atoms with Crippen LogP contribution in [0.1, 0.15) is 6.92 Å². The average Bonchev–Trinajstić information content (AvgIpc) is 3.23. The summed E-state index contributed by atoms with van der Waals surface area (Å²) in [5.74, 6) is -0.516. The van der Waals surface area contributed by atoms with Crippen LogP contribution in [-0.2, 0) is 24.4 Å². The van der Waals surface area contributed by atoms with E-state index in [2.05, 4.69) is 0 Å². The molecule has 0 radical (unpaired) electrons. The zero-order valence-electron chi connectivity index (χ0n) is 14.4. The zero-order valence-corrected chi connectivity index (χ0v) is 16.9.